The summed E-state index contributed by atoms with van der Waals surface area (Å²) in [6.45, 7) is 4.30. The van der Waals surface area contributed by atoms with Crippen LogP contribution in [0.2, 0.25) is 0 Å². The molecule has 16 heavy (non-hydrogen) atoms. The molecule has 0 aromatic heterocycles. The van der Waals surface area contributed by atoms with Gasteiger partial charge in [0.25, 0.3) is 0 Å². The van der Waals surface area contributed by atoms with Gasteiger partial charge in [0.15, 0.2) is 0 Å². The number of benzene rings is 1. The zero-order chi connectivity index (χ0) is 12.2. The van der Waals surface area contributed by atoms with Crippen molar-refractivity contribution < 1.29 is 4.39 Å². The quantitative estimate of drug-likeness (QED) is 0.658. The smallest absolute Gasteiger partial charge is 0.123 e. The Morgan fingerprint density at radius 3 is 2.69 bits per heavy atom. The van der Waals surface area contributed by atoms with E-state index in [1.54, 1.807) is 12.1 Å². The normalized spacial score (nSPS) is 14.8. The van der Waals surface area contributed by atoms with Crippen molar-refractivity contribution in [3.05, 3.63) is 34.1 Å². The average molecular weight is 308 g/mol. The zero-order valence-electron chi connectivity index (χ0n) is 9.69. The molecule has 0 heterocycles. The summed E-state index contributed by atoms with van der Waals surface area (Å²) in [6, 6.07) is 4.81. The minimum absolute atomic E-state index is 0.0482. The van der Waals surface area contributed by atoms with Crippen molar-refractivity contribution in [1.29, 1.82) is 0 Å². The van der Waals surface area contributed by atoms with Gasteiger partial charge in [0, 0.05) is 10.4 Å². The first-order chi connectivity index (χ1) is 7.50. The molecule has 0 radical (unpaired) electrons. The molecular weight excluding hydrogens is 290 g/mol. The van der Waals surface area contributed by atoms with Crippen LogP contribution in [-0.4, -0.2) is 5.88 Å². The van der Waals surface area contributed by atoms with Crippen LogP contribution in [0.1, 0.15) is 32.3 Å². The molecule has 1 unspecified atom stereocenters. The molecule has 3 heteroatoms. The first kappa shape index (κ1) is 14.0. The zero-order valence-corrected chi connectivity index (χ0v) is 12.0. The Balaban J connectivity index is 2.89. The van der Waals surface area contributed by atoms with Gasteiger partial charge < -0.3 is 0 Å². The molecule has 0 aliphatic heterocycles. The van der Waals surface area contributed by atoms with Crippen molar-refractivity contribution >= 4 is 27.5 Å². The molecule has 0 aliphatic carbocycles. The number of halogens is 3. The van der Waals surface area contributed by atoms with E-state index in [1.165, 1.54) is 6.07 Å². The van der Waals surface area contributed by atoms with E-state index < -0.39 is 0 Å². The van der Waals surface area contributed by atoms with Gasteiger partial charge in [-0.05, 0) is 42.0 Å². The maximum absolute atomic E-state index is 13.2. The number of alkyl halides is 1. The standard InChI is InChI=1S/C13H17BrClF/c1-3-6-13(2,9-15)8-10-7-11(16)4-5-12(10)14/h4-5,7H,3,6,8-9H2,1-2H3. The highest BCUT2D eigenvalue weighted by Crippen LogP contribution is 2.32. The Labute approximate surface area is 110 Å². The molecule has 0 spiro atoms. The van der Waals surface area contributed by atoms with E-state index >= 15 is 0 Å². The summed E-state index contributed by atoms with van der Waals surface area (Å²) in [5.41, 5.74) is 1.05. The molecule has 0 bridgehead atoms. The Kier molecular flexibility index (Phi) is 5.26. The fourth-order valence-corrected chi connectivity index (χ4v) is 2.56. The lowest BCUT2D eigenvalue weighted by Crippen LogP contribution is -2.21. The minimum atomic E-state index is -0.188. The van der Waals surface area contributed by atoms with Crippen LogP contribution in [0.25, 0.3) is 0 Å². The molecule has 0 N–H and O–H groups in total. The highest BCUT2D eigenvalue weighted by molar-refractivity contribution is 9.10. The highest BCUT2D eigenvalue weighted by atomic mass is 79.9. The molecule has 90 valence electrons. The molecule has 1 aromatic carbocycles. The summed E-state index contributed by atoms with van der Waals surface area (Å²) in [4.78, 5) is 0. The largest absolute Gasteiger partial charge is 0.207 e. The molecule has 0 nitrogen and oxygen atoms in total. The molecule has 1 atom stereocenters. The minimum Gasteiger partial charge on any atom is -0.207 e. The van der Waals surface area contributed by atoms with Crippen LogP contribution in [0.15, 0.2) is 22.7 Å². The van der Waals surface area contributed by atoms with E-state index in [9.17, 15) is 4.39 Å². The van der Waals surface area contributed by atoms with Gasteiger partial charge in [-0.2, -0.15) is 0 Å². The van der Waals surface area contributed by atoms with E-state index in [2.05, 4.69) is 29.8 Å². The first-order valence-electron chi connectivity index (χ1n) is 5.50. The Morgan fingerprint density at radius 2 is 2.12 bits per heavy atom. The summed E-state index contributed by atoms with van der Waals surface area (Å²) in [6.07, 6.45) is 2.96. The van der Waals surface area contributed by atoms with E-state index in [-0.39, 0.29) is 11.2 Å². The lowest BCUT2D eigenvalue weighted by Gasteiger charge is -2.27. The lowest BCUT2D eigenvalue weighted by atomic mass is 9.81. The van der Waals surface area contributed by atoms with Gasteiger partial charge in [-0.1, -0.05) is 36.2 Å². The van der Waals surface area contributed by atoms with Crippen molar-refractivity contribution in [2.45, 2.75) is 33.1 Å². The summed E-state index contributed by atoms with van der Waals surface area (Å²) in [5, 5.41) is 0. The van der Waals surface area contributed by atoms with Gasteiger partial charge in [-0.3, -0.25) is 0 Å². The third-order valence-corrected chi connectivity index (χ3v) is 4.22. The summed E-state index contributed by atoms with van der Waals surface area (Å²) in [5.74, 6) is 0.413. The third-order valence-electron chi connectivity index (χ3n) is 2.80. The third kappa shape index (κ3) is 3.74. The maximum Gasteiger partial charge on any atom is 0.123 e. The van der Waals surface area contributed by atoms with E-state index in [1.807, 2.05) is 0 Å². The molecule has 0 saturated carbocycles. The van der Waals surface area contributed by atoms with Crippen LogP contribution in [0.3, 0.4) is 0 Å². The van der Waals surface area contributed by atoms with Crippen molar-refractivity contribution in [3.8, 4) is 0 Å². The summed E-state index contributed by atoms with van der Waals surface area (Å²) < 4.78 is 14.1. The molecular formula is C13H17BrClF. The Morgan fingerprint density at radius 1 is 1.44 bits per heavy atom. The topological polar surface area (TPSA) is 0 Å². The lowest BCUT2D eigenvalue weighted by molar-refractivity contribution is 0.334. The molecule has 1 aromatic rings. The van der Waals surface area contributed by atoms with Crippen LogP contribution in [0.4, 0.5) is 4.39 Å². The molecule has 0 amide bonds. The molecule has 1 rings (SSSR count). The van der Waals surface area contributed by atoms with E-state index in [4.69, 9.17) is 11.6 Å². The van der Waals surface area contributed by atoms with Gasteiger partial charge >= 0.3 is 0 Å². The first-order valence-corrected chi connectivity index (χ1v) is 6.83. The molecule has 0 aliphatic rings. The monoisotopic (exact) mass is 306 g/mol. The number of hydrogen-bond acceptors (Lipinski definition) is 0. The van der Waals surface area contributed by atoms with Gasteiger partial charge in [-0.15, -0.1) is 11.6 Å². The summed E-state index contributed by atoms with van der Waals surface area (Å²) in [7, 11) is 0. The van der Waals surface area contributed by atoms with Crippen LogP contribution < -0.4 is 0 Å². The highest BCUT2D eigenvalue weighted by Gasteiger charge is 2.23. The predicted octanol–water partition coefficient (Wildman–Crippen LogP) is 5.18. The van der Waals surface area contributed by atoms with Crippen LogP contribution in [0.5, 0.6) is 0 Å². The Hall–Kier alpha value is -0.0800. The van der Waals surface area contributed by atoms with Gasteiger partial charge in [0.2, 0.25) is 0 Å². The van der Waals surface area contributed by atoms with E-state index in [0.717, 1.165) is 29.3 Å². The molecule has 0 fully saturated rings. The van der Waals surface area contributed by atoms with Gasteiger partial charge in [0.05, 0.1) is 0 Å². The van der Waals surface area contributed by atoms with Crippen molar-refractivity contribution in [2.24, 2.45) is 5.41 Å². The Bertz CT molecular complexity index is 354. The fraction of sp³-hybridized carbons (Fsp3) is 0.538. The molecule has 0 saturated heterocycles. The SMILES string of the molecule is CCCC(C)(CCl)Cc1cc(F)ccc1Br. The van der Waals surface area contributed by atoms with Crippen LogP contribution in [0, 0.1) is 11.2 Å². The summed E-state index contributed by atoms with van der Waals surface area (Å²) >= 11 is 9.47. The average Bonchev–Trinajstić information content (AvgIpc) is 2.24. The van der Waals surface area contributed by atoms with E-state index in [0.29, 0.717) is 5.88 Å². The van der Waals surface area contributed by atoms with Crippen LogP contribution >= 0.6 is 27.5 Å². The second kappa shape index (κ2) is 6.02. The van der Waals surface area contributed by atoms with Crippen LogP contribution in [-0.2, 0) is 6.42 Å². The predicted molar refractivity (Wildman–Crippen MR) is 71.5 cm³/mol. The second-order valence-corrected chi connectivity index (χ2v) is 5.73. The maximum atomic E-state index is 13.2. The van der Waals surface area contributed by atoms with Gasteiger partial charge in [-0.25, -0.2) is 4.39 Å². The fourth-order valence-electron chi connectivity index (χ4n) is 1.94. The van der Waals surface area contributed by atoms with Crippen molar-refractivity contribution in [2.75, 3.05) is 5.88 Å². The number of rotatable bonds is 5. The van der Waals surface area contributed by atoms with Crippen molar-refractivity contribution in [1.82, 2.24) is 0 Å². The number of hydrogen-bond donors (Lipinski definition) is 0. The van der Waals surface area contributed by atoms with Gasteiger partial charge in [0.1, 0.15) is 5.82 Å². The second-order valence-electron chi connectivity index (χ2n) is 4.61. The van der Waals surface area contributed by atoms with Crippen molar-refractivity contribution in [3.63, 3.8) is 0 Å².